The zero-order valence-corrected chi connectivity index (χ0v) is 11.9. The normalized spacial score (nSPS) is 14.6. The molecule has 0 unspecified atom stereocenters. The summed E-state index contributed by atoms with van der Waals surface area (Å²) in [4.78, 5) is 0. The van der Waals surface area contributed by atoms with Gasteiger partial charge in [-0.2, -0.15) is 0 Å². The van der Waals surface area contributed by atoms with E-state index in [1.54, 1.807) is 0 Å². The minimum Gasteiger partial charge on any atom is -0.314 e. The Balaban J connectivity index is 2.18. The number of hydrogen-bond acceptors (Lipinski definition) is 1. The lowest BCUT2D eigenvalue weighted by Crippen LogP contribution is -2.39. The quantitative estimate of drug-likeness (QED) is 0.885. The molecule has 1 nitrogen and oxygen atoms in total. The Morgan fingerprint density at radius 1 is 0.762 bits per heavy atom. The first-order valence-corrected chi connectivity index (χ1v) is 7.25. The van der Waals surface area contributed by atoms with Gasteiger partial charge in [0.15, 0.2) is 0 Å². The average molecular weight is 273 g/mol. The summed E-state index contributed by atoms with van der Waals surface area (Å²) in [6, 6.07) is 20.6. The molecular weight excluding hydrogens is 254 g/mol. The van der Waals surface area contributed by atoms with Crippen LogP contribution in [-0.2, 0) is 5.54 Å². The van der Waals surface area contributed by atoms with Crippen molar-refractivity contribution < 1.29 is 0 Å². The molecule has 0 atom stereocenters. The zero-order valence-electron chi connectivity index (χ0n) is 11.9. The Morgan fingerprint density at radius 3 is 1.90 bits per heavy atom. The van der Waals surface area contributed by atoms with E-state index < -0.39 is 5.54 Å². The van der Waals surface area contributed by atoms with Crippen molar-refractivity contribution in [1.29, 1.82) is 0 Å². The first-order valence-electron chi connectivity index (χ1n) is 7.25. The van der Waals surface area contributed by atoms with E-state index in [4.69, 9.17) is 5.73 Å². The molecule has 0 saturated carbocycles. The molecule has 3 rings (SSSR count). The third-order valence-electron chi connectivity index (χ3n) is 3.91. The molecule has 1 heteroatoms. The van der Waals surface area contributed by atoms with Crippen molar-refractivity contribution in [2.45, 2.75) is 12.0 Å². The second-order valence-corrected chi connectivity index (χ2v) is 5.22. The lowest BCUT2D eigenvalue weighted by molar-refractivity contribution is 0.649. The maximum Gasteiger partial charge on any atom is 0.0919 e. The van der Waals surface area contributed by atoms with Gasteiger partial charge in [-0.3, -0.25) is 0 Å². The number of rotatable bonds is 3. The van der Waals surface area contributed by atoms with Crippen LogP contribution < -0.4 is 5.73 Å². The molecule has 21 heavy (non-hydrogen) atoms. The van der Waals surface area contributed by atoms with E-state index in [1.807, 2.05) is 36.4 Å². The smallest absolute Gasteiger partial charge is 0.0919 e. The van der Waals surface area contributed by atoms with E-state index in [9.17, 15) is 0 Å². The van der Waals surface area contributed by atoms with Crippen LogP contribution in [0.5, 0.6) is 0 Å². The molecule has 1 aliphatic carbocycles. The molecule has 0 aliphatic heterocycles. The Morgan fingerprint density at radius 2 is 1.33 bits per heavy atom. The first kappa shape index (κ1) is 13.6. The van der Waals surface area contributed by atoms with Crippen LogP contribution in [0.3, 0.4) is 0 Å². The Hall–Kier alpha value is -2.38. The summed E-state index contributed by atoms with van der Waals surface area (Å²) >= 11 is 0. The maximum atomic E-state index is 6.94. The minimum absolute atomic E-state index is 0.620. The second kappa shape index (κ2) is 5.94. The number of allylic oxidation sites excluding steroid dienone is 4. The van der Waals surface area contributed by atoms with Gasteiger partial charge in [0.2, 0.25) is 0 Å². The fourth-order valence-electron chi connectivity index (χ4n) is 2.77. The Labute approximate surface area is 126 Å². The molecule has 0 aromatic heterocycles. The number of benzene rings is 2. The standard InChI is InChI=1S/C20H19N/c21-20(18-13-7-3-8-14-18,19-15-9-4-10-16-19)17-11-5-1-2-6-12-17/h1-5,7-16H,6,21H2. The van der Waals surface area contributed by atoms with Crippen molar-refractivity contribution in [3.05, 3.63) is 108 Å². The van der Waals surface area contributed by atoms with Crippen LogP contribution >= 0.6 is 0 Å². The van der Waals surface area contributed by atoms with Crippen molar-refractivity contribution in [3.63, 3.8) is 0 Å². The molecule has 2 N–H and O–H groups in total. The van der Waals surface area contributed by atoms with E-state index in [-0.39, 0.29) is 0 Å². The highest BCUT2D eigenvalue weighted by Gasteiger charge is 2.32. The van der Waals surface area contributed by atoms with Crippen molar-refractivity contribution in [2.75, 3.05) is 0 Å². The Bertz CT molecular complexity index is 639. The molecule has 0 spiro atoms. The summed E-state index contributed by atoms with van der Waals surface area (Å²) in [6.45, 7) is 0. The van der Waals surface area contributed by atoms with Gasteiger partial charge in [-0.25, -0.2) is 0 Å². The Kier molecular flexibility index (Phi) is 3.85. The SMILES string of the molecule is NC(C1=CCC=CC=C1)(c1ccccc1)c1ccccc1. The van der Waals surface area contributed by atoms with Crippen molar-refractivity contribution in [2.24, 2.45) is 5.73 Å². The summed E-state index contributed by atoms with van der Waals surface area (Å²) in [5.41, 5.74) is 9.66. The van der Waals surface area contributed by atoms with Gasteiger partial charge in [-0.1, -0.05) is 91.0 Å². The third-order valence-corrected chi connectivity index (χ3v) is 3.91. The van der Waals surface area contributed by atoms with E-state index in [2.05, 4.69) is 54.6 Å². The van der Waals surface area contributed by atoms with Crippen LogP contribution in [0.2, 0.25) is 0 Å². The summed E-state index contributed by atoms with van der Waals surface area (Å²) < 4.78 is 0. The molecule has 0 heterocycles. The average Bonchev–Trinajstić information content (AvgIpc) is 2.85. The van der Waals surface area contributed by atoms with Crippen molar-refractivity contribution in [1.82, 2.24) is 0 Å². The van der Waals surface area contributed by atoms with Gasteiger partial charge in [0.25, 0.3) is 0 Å². The zero-order chi connectivity index (χ0) is 14.5. The molecule has 0 bridgehead atoms. The van der Waals surface area contributed by atoms with Crippen molar-refractivity contribution in [3.8, 4) is 0 Å². The molecule has 0 saturated heterocycles. The molecule has 0 amide bonds. The summed E-state index contributed by atoms with van der Waals surface area (Å²) in [7, 11) is 0. The largest absolute Gasteiger partial charge is 0.314 e. The lowest BCUT2D eigenvalue weighted by atomic mass is 9.77. The van der Waals surface area contributed by atoms with Gasteiger partial charge in [-0.15, -0.1) is 0 Å². The number of hydrogen-bond donors (Lipinski definition) is 1. The van der Waals surface area contributed by atoms with E-state index in [0.29, 0.717) is 0 Å². The third kappa shape index (κ3) is 2.61. The molecular formula is C20H19N. The van der Waals surface area contributed by atoms with Gasteiger partial charge < -0.3 is 5.73 Å². The molecule has 0 fully saturated rings. The van der Waals surface area contributed by atoms with Crippen LogP contribution in [0.4, 0.5) is 0 Å². The highest BCUT2D eigenvalue weighted by atomic mass is 14.8. The summed E-state index contributed by atoms with van der Waals surface area (Å²) in [6.07, 6.45) is 11.5. The molecule has 1 aliphatic rings. The minimum atomic E-state index is -0.620. The first-order chi connectivity index (χ1) is 10.3. The van der Waals surface area contributed by atoms with Gasteiger partial charge in [-0.05, 0) is 23.1 Å². The van der Waals surface area contributed by atoms with Crippen LogP contribution in [0.25, 0.3) is 0 Å². The molecule has 2 aromatic rings. The van der Waals surface area contributed by atoms with E-state index >= 15 is 0 Å². The highest BCUT2D eigenvalue weighted by molar-refractivity contribution is 5.51. The van der Waals surface area contributed by atoms with Crippen LogP contribution in [0.1, 0.15) is 17.5 Å². The predicted molar refractivity (Wildman–Crippen MR) is 88.8 cm³/mol. The van der Waals surface area contributed by atoms with Gasteiger partial charge >= 0.3 is 0 Å². The van der Waals surface area contributed by atoms with Crippen molar-refractivity contribution >= 4 is 0 Å². The monoisotopic (exact) mass is 273 g/mol. The van der Waals surface area contributed by atoms with Gasteiger partial charge in [0.1, 0.15) is 0 Å². The topological polar surface area (TPSA) is 26.0 Å². The van der Waals surface area contributed by atoms with Crippen LogP contribution in [0.15, 0.2) is 96.6 Å². The fraction of sp³-hybridized carbons (Fsp3) is 0.100. The van der Waals surface area contributed by atoms with E-state index in [0.717, 1.165) is 23.1 Å². The second-order valence-electron chi connectivity index (χ2n) is 5.22. The highest BCUT2D eigenvalue weighted by Crippen LogP contribution is 2.35. The molecule has 2 aromatic carbocycles. The lowest BCUT2D eigenvalue weighted by Gasteiger charge is -2.32. The van der Waals surface area contributed by atoms with E-state index in [1.165, 1.54) is 0 Å². The van der Waals surface area contributed by atoms with Gasteiger partial charge in [0, 0.05) is 0 Å². The number of nitrogens with two attached hydrogens (primary N) is 1. The van der Waals surface area contributed by atoms with Crippen LogP contribution in [0, 0.1) is 0 Å². The summed E-state index contributed by atoms with van der Waals surface area (Å²) in [5.74, 6) is 0. The molecule has 0 radical (unpaired) electrons. The predicted octanol–water partition coefficient (Wildman–Crippen LogP) is 4.33. The summed E-state index contributed by atoms with van der Waals surface area (Å²) in [5, 5.41) is 0. The maximum absolute atomic E-state index is 6.94. The fourth-order valence-corrected chi connectivity index (χ4v) is 2.77. The molecule has 104 valence electrons. The van der Waals surface area contributed by atoms with Crippen LogP contribution in [-0.4, -0.2) is 0 Å². The van der Waals surface area contributed by atoms with Gasteiger partial charge in [0.05, 0.1) is 5.54 Å².